The molecule has 0 atom stereocenters. The van der Waals surface area contributed by atoms with E-state index in [1.807, 2.05) is 0 Å². The van der Waals surface area contributed by atoms with Gasteiger partial charge in [0.15, 0.2) is 0 Å². The van der Waals surface area contributed by atoms with Crippen molar-refractivity contribution in [3.63, 3.8) is 0 Å². The normalized spacial score (nSPS) is 17.9. The molecule has 1 aliphatic rings. The summed E-state index contributed by atoms with van der Waals surface area (Å²) in [5.41, 5.74) is 2.41. The molecule has 0 amide bonds. The highest BCUT2D eigenvalue weighted by Gasteiger charge is 2.43. The molecule has 1 heteroatoms. The Bertz CT molecular complexity index is 344. The molecule has 0 spiro atoms. The maximum atomic E-state index is 11.8. The first kappa shape index (κ1) is 9.45. The van der Waals surface area contributed by atoms with E-state index in [9.17, 15) is 4.79 Å². The third-order valence-corrected chi connectivity index (χ3v) is 3.16. The minimum Gasteiger partial charge on any atom is -0.299 e. The van der Waals surface area contributed by atoms with Gasteiger partial charge in [-0.25, -0.2) is 0 Å². The largest absolute Gasteiger partial charge is 0.299 e. The molecule has 14 heavy (non-hydrogen) atoms. The number of carbonyl (C=O) groups is 1. The predicted octanol–water partition coefficient (Wildman–Crippen LogP) is 2.91. The Morgan fingerprint density at radius 1 is 1.29 bits per heavy atom. The van der Waals surface area contributed by atoms with E-state index in [1.54, 1.807) is 0 Å². The molecule has 2 rings (SSSR count). The SMILES string of the molecule is Cc1ccc(CC(=O)C2(C)CC2)cc1. The van der Waals surface area contributed by atoms with Crippen molar-refractivity contribution in [2.45, 2.75) is 33.1 Å². The number of benzene rings is 1. The molecule has 0 saturated heterocycles. The summed E-state index contributed by atoms with van der Waals surface area (Å²) in [5.74, 6) is 0.404. The Labute approximate surface area is 85.1 Å². The Morgan fingerprint density at radius 2 is 1.86 bits per heavy atom. The fraction of sp³-hybridized carbons (Fsp3) is 0.462. The fourth-order valence-electron chi connectivity index (χ4n) is 1.57. The van der Waals surface area contributed by atoms with E-state index in [-0.39, 0.29) is 5.41 Å². The number of carbonyl (C=O) groups excluding carboxylic acids is 1. The summed E-state index contributed by atoms with van der Waals surface area (Å²) in [6.07, 6.45) is 2.77. The van der Waals surface area contributed by atoms with E-state index < -0.39 is 0 Å². The highest BCUT2D eigenvalue weighted by Crippen LogP contribution is 2.46. The van der Waals surface area contributed by atoms with Crippen molar-refractivity contribution in [3.05, 3.63) is 35.4 Å². The van der Waals surface area contributed by atoms with Gasteiger partial charge in [0, 0.05) is 11.8 Å². The molecule has 0 N–H and O–H groups in total. The lowest BCUT2D eigenvalue weighted by Crippen LogP contribution is -2.14. The highest BCUT2D eigenvalue weighted by atomic mass is 16.1. The van der Waals surface area contributed by atoms with Crippen LogP contribution in [0.25, 0.3) is 0 Å². The van der Waals surface area contributed by atoms with Gasteiger partial charge >= 0.3 is 0 Å². The Kier molecular flexibility index (Phi) is 2.18. The molecule has 0 unspecified atom stereocenters. The smallest absolute Gasteiger partial charge is 0.143 e. The van der Waals surface area contributed by atoms with E-state index in [4.69, 9.17) is 0 Å². The van der Waals surface area contributed by atoms with E-state index in [2.05, 4.69) is 38.1 Å². The van der Waals surface area contributed by atoms with Crippen molar-refractivity contribution in [1.82, 2.24) is 0 Å². The lowest BCUT2D eigenvalue weighted by Gasteiger charge is -2.06. The molecule has 0 heterocycles. The third kappa shape index (κ3) is 1.87. The van der Waals surface area contributed by atoms with Gasteiger partial charge in [0.25, 0.3) is 0 Å². The first-order valence-electron chi connectivity index (χ1n) is 5.19. The van der Waals surface area contributed by atoms with E-state index in [0.29, 0.717) is 12.2 Å². The molecule has 1 aliphatic carbocycles. The van der Waals surface area contributed by atoms with Crippen molar-refractivity contribution >= 4 is 5.78 Å². The van der Waals surface area contributed by atoms with Crippen LogP contribution >= 0.6 is 0 Å². The molecule has 0 bridgehead atoms. The number of ketones is 1. The summed E-state index contributed by atoms with van der Waals surface area (Å²) in [4.78, 5) is 11.8. The van der Waals surface area contributed by atoms with Crippen LogP contribution < -0.4 is 0 Å². The molecule has 0 aliphatic heterocycles. The molecule has 0 aromatic heterocycles. The molecule has 0 radical (unpaired) electrons. The number of hydrogen-bond donors (Lipinski definition) is 0. The molecular formula is C13H16O. The minimum absolute atomic E-state index is 0.0187. The highest BCUT2D eigenvalue weighted by molar-refractivity contribution is 5.88. The topological polar surface area (TPSA) is 17.1 Å². The maximum absolute atomic E-state index is 11.8. The monoisotopic (exact) mass is 188 g/mol. The molecule has 1 fully saturated rings. The molecule has 1 aromatic rings. The molecule has 1 saturated carbocycles. The van der Waals surface area contributed by atoms with Gasteiger partial charge in [0.05, 0.1) is 0 Å². The summed E-state index contributed by atoms with van der Waals surface area (Å²) in [7, 11) is 0. The van der Waals surface area contributed by atoms with Gasteiger partial charge in [-0.15, -0.1) is 0 Å². The van der Waals surface area contributed by atoms with Crippen molar-refractivity contribution in [2.75, 3.05) is 0 Å². The summed E-state index contributed by atoms with van der Waals surface area (Å²) in [5, 5.41) is 0. The van der Waals surface area contributed by atoms with Crippen LogP contribution in [0.4, 0.5) is 0 Å². The van der Waals surface area contributed by atoms with Gasteiger partial charge < -0.3 is 0 Å². The van der Waals surface area contributed by atoms with Gasteiger partial charge in [-0.05, 0) is 25.3 Å². The molecule has 1 nitrogen and oxygen atoms in total. The quantitative estimate of drug-likeness (QED) is 0.712. The Balaban J connectivity index is 2.04. The summed E-state index contributed by atoms with van der Waals surface area (Å²) in [6, 6.07) is 8.24. The zero-order chi connectivity index (χ0) is 10.2. The van der Waals surface area contributed by atoms with E-state index in [1.165, 1.54) is 5.56 Å². The van der Waals surface area contributed by atoms with Gasteiger partial charge in [-0.2, -0.15) is 0 Å². The van der Waals surface area contributed by atoms with Crippen LogP contribution in [-0.4, -0.2) is 5.78 Å². The number of Topliss-reactive ketones (excluding diaryl/α,β-unsaturated/α-hetero) is 1. The average molecular weight is 188 g/mol. The van der Waals surface area contributed by atoms with Crippen molar-refractivity contribution in [1.29, 1.82) is 0 Å². The van der Waals surface area contributed by atoms with Crippen LogP contribution in [0.3, 0.4) is 0 Å². The molecular weight excluding hydrogens is 172 g/mol. The second-order valence-electron chi connectivity index (χ2n) is 4.65. The molecule has 74 valence electrons. The second kappa shape index (κ2) is 3.23. The number of aryl methyl sites for hydroxylation is 1. The van der Waals surface area contributed by atoms with E-state index in [0.717, 1.165) is 18.4 Å². The van der Waals surface area contributed by atoms with Crippen LogP contribution in [0.5, 0.6) is 0 Å². The van der Waals surface area contributed by atoms with Gasteiger partial charge in [0.2, 0.25) is 0 Å². The van der Waals surface area contributed by atoms with Crippen LogP contribution in [0.2, 0.25) is 0 Å². The average Bonchev–Trinajstić information content (AvgIpc) is 2.89. The summed E-state index contributed by atoms with van der Waals surface area (Å²) in [6.45, 7) is 4.14. The first-order valence-corrected chi connectivity index (χ1v) is 5.19. The van der Waals surface area contributed by atoms with Gasteiger partial charge in [-0.1, -0.05) is 36.8 Å². The lowest BCUT2D eigenvalue weighted by atomic mass is 9.97. The van der Waals surface area contributed by atoms with Crippen molar-refractivity contribution in [3.8, 4) is 0 Å². The minimum atomic E-state index is 0.0187. The number of hydrogen-bond acceptors (Lipinski definition) is 1. The maximum Gasteiger partial charge on any atom is 0.143 e. The summed E-state index contributed by atoms with van der Waals surface area (Å²) < 4.78 is 0. The zero-order valence-corrected chi connectivity index (χ0v) is 8.84. The van der Waals surface area contributed by atoms with Crippen LogP contribution in [0, 0.1) is 12.3 Å². The van der Waals surface area contributed by atoms with Gasteiger partial charge in [0.1, 0.15) is 5.78 Å². The number of rotatable bonds is 3. The van der Waals surface area contributed by atoms with Crippen LogP contribution in [0.15, 0.2) is 24.3 Å². The zero-order valence-electron chi connectivity index (χ0n) is 8.84. The Hall–Kier alpha value is -1.11. The van der Waals surface area contributed by atoms with Gasteiger partial charge in [-0.3, -0.25) is 4.79 Å². The van der Waals surface area contributed by atoms with Crippen molar-refractivity contribution in [2.24, 2.45) is 5.41 Å². The fourth-order valence-corrected chi connectivity index (χ4v) is 1.57. The van der Waals surface area contributed by atoms with Crippen LogP contribution in [-0.2, 0) is 11.2 Å². The second-order valence-corrected chi connectivity index (χ2v) is 4.65. The third-order valence-electron chi connectivity index (χ3n) is 3.16. The molecule has 1 aromatic carbocycles. The Morgan fingerprint density at radius 3 is 2.36 bits per heavy atom. The first-order chi connectivity index (χ1) is 6.60. The summed E-state index contributed by atoms with van der Waals surface area (Å²) >= 11 is 0. The van der Waals surface area contributed by atoms with Crippen LogP contribution in [0.1, 0.15) is 30.9 Å². The van der Waals surface area contributed by atoms with E-state index >= 15 is 0 Å². The standard InChI is InChI=1S/C13H16O/c1-10-3-5-11(6-4-10)9-12(14)13(2)7-8-13/h3-6H,7-9H2,1-2H3. The predicted molar refractivity (Wildman–Crippen MR) is 57.2 cm³/mol. The van der Waals surface area contributed by atoms with Crippen molar-refractivity contribution < 1.29 is 4.79 Å². The lowest BCUT2D eigenvalue weighted by molar-refractivity contribution is -0.122.